The van der Waals surface area contributed by atoms with Crippen LogP contribution in [0.3, 0.4) is 0 Å². The highest BCUT2D eigenvalue weighted by atomic mass is 32.2. The SMILES string of the molecule is CCOC(=O)c1cnc(Sc2c(F)c(Oc3cc(C#N)ccc3OCc3ccccc3)nc(Oc3ccccc3C3NCCN3C)c2F)nc1. The van der Waals surface area contributed by atoms with E-state index in [1.54, 1.807) is 19.1 Å². The van der Waals surface area contributed by atoms with Crippen molar-refractivity contribution in [3.05, 3.63) is 119 Å². The second-order valence-corrected chi connectivity index (χ2v) is 11.9. The van der Waals surface area contributed by atoms with Gasteiger partial charge in [-0.1, -0.05) is 48.5 Å². The van der Waals surface area contributed by atoms with E-state index in [-0.39, 0.29) is 52.9 Å². The van der Waals surface area contributed by atoms with Gasteiger partial charge in [-0.05, 0) is 49.5 Å². The Labute approximate surface area is 290 Å². The maximum atomic E-state index is 16.3. The van der Waals surface area contributed by atoms with Gasteiger partial charge in [-0.25, -0.2) is 14.8 Å². The fourth-order valence-electron chi connectivity index (χ4n) is 5.02. The molecule has 2 aromatic heterocycles. The van der Waals surface area contributed by atoms with Crippen LogP contribution in [0.2, 0.25) is 0 Å². The molecule has 254 valence electrons. The molecule has 0 radical (unpaired) electrons. The van der Waals surface area contributed by atoms with E-state index in [1.165, 1.54) is 30.6 Å². The number of carbonyl (C=O) groups is 1. The van der Waals surface area contributed by atoms with Gasteiger partial charge in [-0.3, -0.25) is 10.2 Å². The number of hydrogen-bond donors (Lipinski definition) is 1. The molecule has 6 rings (SSSR count). The maximum absolute atomic E-state index is 16.3. The van der Waals surface area contributed by atoms with Gasteiger partial charge in [0.25, 0.3) is 11.8 Å². The molecule has 0 aliphatic carbocycles. The van der Waals surface area contributed by atoms with Gasteiger partial charge in [0.05, 0.1) is 34.9 Å². The van der Waals surface area contributed by atoms with Gasteiger partial charge in [0, 0.05) is 37.1 Å². The Morgan fingerprint density at radius 1 is 0.980 bits per heavy atom. The monoisotopic (exact) mass is 696 g/mol. The molecule has 1 N–H and O–H groups in total. The van der Waals surface area contributed by atoms with Gasteiger partial charge in [0.15, 0.2) is 16.7 Å². The van der Waals surface area contributed by atoms with E-state index in [2.05, 4.69) is 25.2 Å². The minimum atomic E-state index is -1.18. The fraction of sp³-hybridized carbons (Fsp3) is 0.194. The number of pyridine rings is 1. The zero-order chi connectivity index (χ0) is 35.0. The van der Waals surface area contributed by atoms with E-state index in [0.29, 0.717) is 17.3 Å². The average Bonchev–Trinajstić information content (AvgIpc) is 3.57. The van der Waals surface area contributed by atoms with Gasteiger partial charge in [-0.2, -0.15) is 19.0 Å². The molecule has 1 saturated heterocycles. The number of aromatic nitrogens is 3. The molecule has 11 nitrogen and oxygen atoms in total. The predicted molar refractivity (Wildman–Crippen MR) is 178 cm³/mol. The molecular weight excluding hydrogens is 666 g/mol. The summed E-state index contributed by atoms with van der Waals surface area (Å²) in [5, 5.41) is 12.9. The highest BCUT2D eigenvalue weighted by Crippen LogP contribution is 2.42. The van der Waals surface area contributed by atoms with E-state index in [1.807, 2.05) is 55.6 Å². The number of rotatable bonds is 12. The van der Waals surface area contributed by atoms with Crippen LogP contribution in [-0.4, -0.2) is 52.6 Å². The zero-order valence-electron chi connectivity index (χ0n) is 26.9. The van der Waals surface area contributed by atoms with Crippen molar-refractivity contribution in [1.82, 2.24) is 25.2 Å². The number of hydrogen-bond acceptors (Lipinski definition) is 12. The molecule has 1 unspecified atom stereocenters. The number of nitriles is 1. The van der Waals surface area contributed by atoms with Gasteiger partial charge < -0.3 is 18.9 Å². The minimum absolute atomic E-state index is 0.0351. The van der Waals surface area contributed by atoms with Gasteiger partial charge in [0.2, 0.25) is 11.6 Å². The summed E-state index contributed by atoms with van der Waals surface area (Å²) >= 11 is 0.545. The first-order valence-corrected chi connectivity index (χ1v) is 16.3. The smallest absolute Gasteiger partial charge is 0.341 e. The van der Waals surface area contributed by atoms with Crippen LogP contribution in [0.25, 0.3) is 0 Å². The van der Waals surface area contributed by atoms with E-state index in [0.717, 1.165) is 18.7 Å². The summed E-state index contributed by atoms with van der Waals surface area (Å²) in [6.45, 7) is 3.49. The highest BCUT2D eigenvalue weighted by molar-refractivity contribution is 7.99. The first kappa shape index (κ1) is 34.3. The Kier molecular flexibility index (Phi) is 10.8. The number of nitrogens with zero attached hydrogens (tertiary/aromatic N) is 5. The van der Waals surface area contributed by atoms with Crippen LogP contribution < -0.4 is 19.5 Å². The lowest BCUT2D eigenvalue weighted by Gasteiger charge is -2.22. The number of ether oxygens (including phenoxy) is 4. The van der Waals surface area contributed by atoms with Crippen molar-refractivity contribution in [2.75, 3.05) is 26.7 Å². The van der Waals surface area contributed by atoms with Crippen LogP contribution >= 0.6 is 11.8 Å². The van der Waals surface area contributed by atoms with E-state index in [4.69, 9.17) is 18.9 Å². The molecule has 1 fully saturated rings. The Balaban J connectivity index is 1.40. The standard InChI is InChI=1S/C36H30F2N6O5S/c1-3-46-35(45)24-19-41-36(42-20-24)50-31-29(37)33(48-26-12-8-7-11-25(26)32-40-15-16-44(32)2)43-34(30(31)38)49-28-17-23(18-39)13-14-27(28)47-21-22-9-5-4-6-10-22/h4-14,17,19-20,32,40H,3,15-16,21H2,1-2H3. The number of benzene rings is 3. The highest BCUT2D eigenvalue weighted by Gasteiger charge is 2.29. The number of carbonyl (C=O) groups excluding carboxylic acids is 1. The summed E-state index contributed by atoms with van der Waals surface area (Å²) < 4.78 is 55.6. The van der Waals surface area contributed by atoms with Crippen LogP contribution in [0.5, 0.6) is 29.0 Å². The number of halogens is 2. The maximum Gasteiger partial charge on any atom is 0.341 e. The normalized spacial score (nSPS) is 14.2. The first-order valence-electron chi connectivity index (χ1n) is 15.5. The lowest BCUT2D eigenvalue weighted by molar-refractivity contribution is 0.0525. The summed E-state index contributed by atoms with van der Waals surface area (Å²) in [6, 6.07) is 22.8. The van der Waals surface area contributed by atoms with Crippen LogP contribution in [0.1, 0.15) is 40.1 Å². The number of esters is 1. The van der Waals surface area contributed by atoms with Gasteiger partial charge >= 0.3 is 5.97 Å². The molecule has 0 saturated carbocycles. The molecule has 0 spiro atoms. The second kappa shape index (κ2) is 15.7. The van der Waals surface area contributed by atoms with Crippen LogP contribution in [-0.2, 0) is 11.3 Å². The van der Waals surface area contributed by atoms with Crippen molar-refractivity contribution in [2.24, 2.45) is 0 Å². The van der Waals surface area contributed by atoms with Crippen LogP contribution in [0.4, 0.5) is 8.78 Å². The third kappa shape index (κ3) is 7.81. The van der Waals surface area contributed by atoms with E-state index >= 15 is 8.78 Å². The quantitative estimate of drug-likeness (QED) is 0.106. The van der Waals surface area contributed by atoms with E-state index < -0.39 is 34.3 Å². The zero-order valence-corrected chi connectivity index (χ0v) is 27.7. The molecule has 5 aromatic rings. The summed E-state index contributed by atoms with van der Waals surface area (Å²) in [7, 11) is 1.94. The Morgan fingerprint density at radius 3 is 2.36 bits per heavy atom. The molecule has 1 atom stereocenters. The van der Waals surface area contributed by atoms with Gasteiger partial charge in [0.1, 0.15) is 12.4 Å². The molecule has 14 heteroatoms. The van der Waals surface area contributed by atoms with Crippen LogP contribution in [0, 0.1) is 23.0 Å². The molecule has 1 aliphatic heterocycles. The largest absolute Gasteiger partial charge is 0.485 e. The van der Waals surface area contributed by atoms with Crippen molar-refractivity contribution in [3.8, 4) is 35.1 Å². The molecule has 0 bridgehead atoms. The Morgan fingerprint density at radius 2 is 1.68 bits per heavy atom. The second-order valence-electron chi connectivity index (χ2n) is 10.9. The molecular formula is C36H30F2N6O5S. The number of likely N-dealkylation sites (N-methyl/N-ethyl adjacent to an activating group) is 1. The van der Waals surface area contributed by atoms with Crippen molar-refractivity contribution < 1.29 is 32.5 Å². The lowest BCUT2D eigenvalue weighted by atomic mass is 10.1. The Bertz CT molecular complexity index is 2030. The third-order valence-electron chi connectivity index (χ3n) is 7.49. The van der Waals surface area contributed by atoms with Gasteiger partial charge in [-0.15, -0.1) is 0 Å². The number of para-hydroxylation sites is 1. The summed E-state index contributed by atoms with van der Waals surface area (Å²) in [6.07, 6.45) is 2.18. The number of nitrogens with one attached hydrogen (secondary N) is 1. The third-order valence-corrected chi connectivity index (χ3v) is 8.45. The topological polar surface area (TPSA) is 132 Å². The fourth-order valence-corrected chi connectivity index (χ4v) is 5.76. The predicted octanol–water partition coefficient (Wildman–Crippen LogP) is 7.05. The van der Waals surface area contributed by atoms with Crippen molar-refractivity contribution in [1.29, 1.82) is 5.26 Å². The Hall–Kier alpha value is -5.62. The average molecular weight is 697 g/mol. The van der Waals surface area contributed by atoms with Crippen LogP contribution in [0.15, 0.2) is 95.2 Å². The minimum Gasteiger partial charge on any atom is -0.485 e. The summed E-state index contributed by atoms with van der Waals surface area (Å²) in [5.41, 5.74) is 1.85. The molecule has 3 aromatic carbocycles. The summed E-state index contributed by atoms with van der Waals surface area (Å²) in [5.74, 6) is -3.74. The molecule has 50 heavy (non-hydrogen) atoms. The molecule has 1 aliphatic rings. The van der Waals surface area contributed by atoms with Crippen molar-refractivity contribution in [2.45, 2.75) is 29.7 Å². The molecule has 3 heterocycles. The molecule has 0 amide bonds. The summed E-state index contributed by atoms with van der Waals surface area (Å²) in [4.78, 5) is 25.9. The lowest BCUT2D eigenvalue weighted by Crippen LogP contribution is -2.24. The van der Waals surface area contributed by atoms with Crippen molar-refractivity contribution >= 4 is 17.7 Å². The van der Waals surface area contributed by atoms with E-state index in [9.17, 15) is 10.1 Å². The first-order chi connectivity index (χ1) is 24.3. The van der Waals surface area contributed by atoms with Crippen molar-refractivity contribution in [3.63, 3.8) is 0 Å².